The number of allylic oxidation sites excluding steroid dienone is 1. The van der Waals surface area contributed by atoms with E-state index in [4.69, 9.17) is 13.9 Å². The molecular formula is C29H29NO4. The lowest BCUT2D eigenvalue weighted by atomic mass is 10.0. The topological polar surface area (TPSA) is 60.7 Å². The van der Waals surface area contributed by atoms with Gasteiger partial charge in [0.1, 0.15) is 23.7 Å². The Bertz CT molecular complexity index is 1290. The lowest BCUT2D eigenvalue weighted by Gasteiger charge is -2.11. The second-order valence-electron chi connectivity index (χ2n) is 8.16. The molecule has 0 saturated carbocycles. The van der Waals surface area contributed by atoms with E-state index in [-0.39, 0.29) is 5.91 Å². The fraction of sp³-hybridized carbons (Fsp3) is 0.207. The first-order valence-electron chi connectivity index (χ1n) is 11.4. The molecule has 0 spiro atoms. The number of hydrogen-bond donors (Lipinski definition) is 1. The van der Waals surface area contributed by atoms with Crippen LogP contribution in [-0.4, -0.2) is 12.5 Å². The molecule has 0 aliphatic heterocycles. The first-order chi connectivity index (χ1) is 16.5. The lowest BCUT2D eigenvalue weighted by Crippen LogP contribution is -2.20. The van der Waals surface area contributed by atoms with E-state index in [0.29, 0.717) is 25.5 Å². The van der Waals surface area contributed by atoms with E-state index in [2.05, 4.69) is 5.32 Å². The van der Waals surface area contributed by atoms with E-state index in [1.54, 1.807) is 12.3 Å². The van der Waals surface area contributed by atoms with Crippen LogP contribution in [0, 0.1) is 6.92 Å². The summed E-state index contributed by atoms with van der Waals surface area (Å²) in [6, 6.07) is 21.7. The molecule has 0 bridgehead atoms. The van der Waals surface area contributed by atoms with E-state index in [0.717, 1.165) is 44.5 Å². The van der Waals surface area contributed by atoms with Gasteiger partial charge in [-0.3, -0.25) is 4.79 Å². The number of aryl methyl sites for hydroxylation is 1. The maximum absolute atomic E-state index is 12.6. The Hall–Kier alpha value is -3.99. The smallest absolute Gasteiger partial charge is 0.244 e. The third kappa shape index (κ3) is 5.67. The van der Waals surface area contributed by atoms with Gasteiger partial charge >= 0.3 is 0 Å². The van der Waals surface area contributed by atoms with Gasteiger partial charge in [-0.25, -0.2) is 0 Å². The van der Waals surface area contributed by atoms with Crippen molar-refractivity contribution in [3.8, 4) is 11.5 Å². The van der Waals surface area contributed by atoms with Crippen molar-refractivity contribution in [2.75, 3.05) is 6.61 Å². The van der Waals surface area contributed by atoms with Gasteiger partial charge in [0, 0.05) is 29.6 Å². The number of nitrogens with one attached hydrogen (secondary N) is 1. The van der Waals surface area contributed by atoms with E-state index >= 15 is 0 Å². The molecule has 1 aromatic heterocycles. The van der Waals surface area contributed by atoms with E-state index in [1.165, 1.54) is 0 Å². The summed E-state index contributed by atoms with van der Waals surface area (Å²) in [6.45, 7) is 7.33. The fourth-order valence-corrected chi connectivity index (χ4v) is 3.72. The van der Waals surface area contributed by atoms with Gasteiger partial charge in [0.25, 0.3) is 0 Å². The number of amides is 1. The van der Waals surface area contributed by atoms with E-state index < -0.39 is 0 Å². The molecule has 1 amide bonds. The average molecular weight is 456 g/mol. The highest BCUT2D eigenvalue weighted by Gasteiger charge is 2.13. The van der Waals surface area contributed by atoms with Crippen molar-refractivity contribution in [1.82, 2.24) is 5.32 Å². The number of carbonyl (C=O) groups is 1. The monoisotopic (exact) mass is 455 g/mol. The van der Waals surface area contributed by atoms with Gasteiger partial charge < -0.3 is 19.2 Å². The summed E-state index contributed by atoms with van der Waals surface area (Å²) in [6.07, 6.45) is 3.34. The number of furan rings is 1. The molecule has 1 heterocycles. The Morgan fingerprint density at radius 2 is 1.76 bits per heavy atom. The maximum Gasteiger partial charge on any atom is 0.244 e. The normalized spacial score (nSPS) is 11.4. The summed E-state index contributed by atoms with van der Waals surface area (Å²) < 4.78 is 17.2. The molecule has 0 unspecified atom stereocenters. The summed E-state index contributed by atoms with van der Waals surface area (Å²) >= 11 is 0. The molecule has 0 fully saturated rings. The highest BCUT2D eigenvalue weighted by atomic mass is 16.5. The molecule has 174 valence electrons. The molecule has 3 aromatic carbocycles. The van der Waals surface area contributed by atoms with Crippen molar-refractivity contribution in [3.05, 3.63) is 101 Å². The van der Waals surface area contributed by atoms with Gasteiger partial charge in [-0.2, -0.15) is 0 Å². The highest BCUT2D eigenvalue weighted by Crippen LogP contribution is 2.33. The first-order valence-corrected chi connectivity index (χ1v) is 11.4. The number of hydrogen-bond acceptors (Lipinski definition) is 4. The number of ether oxygens (including phenoxy) is 2. The van der Waals surface area contributed by atoms with Gasteiger partial charge in [0.2, 0.25) is 5.91 Å². The standard InChI is InChI=1S/C29H29NO4/c1-4-32-27-16-28-26(21(3)18-34-28)15-25(27)20(2)14-29(31)30-17-22-10-12-24(13-11-22)33-19-23-8-6-5-7-9-23/h5-16,18H,4,17,19H2,1-3H3,(H,30,31)/b20-14+. The number of carbonyl (C=O) groups excluding carboxylic acids is 1. The zero-order chi connectivity index (χ0) is 23.9. The first kappa shape index (κ1) is 23.2. The van der Waals surface area contributed by atoms with Gasteiger partial charge in [-0.1, -0.05) is 42.5 Å². The predicted octanol–water partition coefficient (Wildman–Crippen LogP) is 6.44. The molecule has 0 saturated heterocycles. The molecule has 4 aromatic rings. The predicted molar refractivity (Wildman–Crippen MR) is 135 cm³/mol. The molecule has 4 rings (SSSR count). The largest absolute Gasteiger partial charge is 0.493 e. The SMILES string of the molecule is CCOc1cc2occ(C)c2cc1/C(C)=C/C(=O)NCc1ccc(OCc2ccccc2)cc1. The minimum Gasteiger partial charge on any atom is -0.493 e. The van der Waals surface area contributed by atoms with Gasteiger partial charge in [-0.05, 0) is 61.2 Å². The van der Waals surface area contributed by atoms with Crippen molar-refractivity contribution in [2.24, 2.45) is 0 Å². The quantitative estimate of drug-likeness (QED) is 0.295. The van der Waals surface area contributed by atoms with Crippen LogP contribution >= 0.6 is 0 Å². The van der Waals surface area contributed by atoms with Gasteiger partial charge in [0.05, 0.1) is 12.9 Å². The molecule has 5 heteroatoms. The summed E-state index contributed by atoms with van der Waals surface area (Å²) in [4.78, 5) is 12.6. The lowest BCUT2D eigenvalue weighted by molar-refractivity contribution is -0.116. The number of fused-ring (bicyclic) bond motifs is 1. The fourth-order valence-electron chi connectivity index (χ4n) is 3.72. The number of rotatable bonds is 9. The van der Waals surface area contributed by atoms with Crippen LogP contribution in [0.15, 0.2) is 83.5 Å². The summed E-state index contributed by atoms with van der Waals surface area (Å²) in [5.74, 6) is 1.34. The molecule has 5 nitrogen and oxygen atoms in total. The summed E-state index contributed by atoms with van der Waals surface area (Å²) in [5, 5.41) is 3.97. The average Bonchev–Trinajstić information content (AvgIpc) is 3.22. The Balaban J connectivity index is 1.38. The Labute approximate surface area is 200 Å². The van der Waals surface area contributed by atoms with Crippen molar-refractivity contribution >= 4 is 22.4 Å². The van der Waals surface area contributed by atoms with Crippen molar-refractivity contribution in [3.63, 3.8) is 0 Å². The third-order valence-electron chi connectivity index (χ3n) is 5.58. The third-order valence-corrected chi connectivity index (χ3v) is 5.58. The van der Waals surface area contributed by atoms with E-state index in [1.807, 2.05) is 87.5 Å². The van der Waals surface area contributed by atoms with Crippen LogP contribution in [-0.2, 0) is 17.9 Å². The Morgan fingerprint density at radius 3 is 2.50 bits per heavy atom. The molecule has 34 heavy (non-hydrogen) atoms. The van der Waals surface area contributed by atoms with Crippen molar-refractivity contribution < 1.29 is 18.7 Å². The minimum absolute atomic E-state index is 0.159. The minimum atomic E-state index is -0.159. The highest BCUT2D eigenvalue weighted by molar-refractivity contribution is 5.97. The summed E-state index contributed by atoms with van der Waals surface area (Å²) in [5.41, 5.74) is 5.65. The number of benzene rings is 3. The molecule has 0 aliphatic rings. The van der Waals surface area contributed by atoms with Crippen LogP contribution in [0.1, 0.15) is 36.1 Å². The van der Waals surface area contributed by atoms with Crippen molar-refractivity contribution in [1.29, 1.82) is 0 Å². The molecule has 1 N–H and O–H groups in total. The van der Waals surface area contributed by atoms with Crippen LogP contribution in [0.25, 0.3) is 16.5 Å². The van der Waals surface area contributed by atoms with Crippen molar-refractivity contribution in [2.45, 2.75) is 33.9 Å². The van der Waals surface area contributed by atoms with Crippen LogP contribution in [0.5, 0.6) is 11.5 Å². The molecule has 0 atom stereocenters. The van der Waals surface area contributed by atoms with Crippen LogP contribution in [0.3, 0.4) is 0 Å². The van der Waals surface area contributed by atoms with Gasteiger partial charge in [-0.15, -0.1) is 0 Å². The van der Waals surface area contributed by atoms with Crippen LogP contribution < -0.4 is 14.8 Å². The zero-order valence-electron chi connectivity index (χ0n) is 19.8. The zero-order valence-corrected chi connectivity index (χ0v) is 19.8. The van der Waals surface area contributed by atoms with E-state index in [9.17, 15) is 4.79 Å². The Morgan fingerprint density at radius 1 is 1.00 bits per heavy atom. The second-order valence-corrected chi connectivity index (χ2v) is 8.16. The molecular weight excluding hydrogens is 426 g/mol. The second kappa shape index (κ2) is 10.8. The van der Waals surface area contributed by atoms with Gasteiger partial charge in [0.15, 0.2) is 0 Å². The van der Waals surface area contributed by atoms with Crippen LogP contribution in [0.4, 0.5) is 0 Å². The maximum atomic E-state index is 12.6. The molecule has 0 radical (unpaired) electrons. The Kier molecular flexibility index (Phi) is 7.33. The summed E-state index contributed by atoms with van der Waals surface area (Å²) in [7, 11) is 0. The molecule has 0 aliphatic carbocycles. The van der Waals surface area contributed by atoms with Crippen LogP contribution in [0.2, 0.25) is 0 Å².